The van der Waals surface area contributed by atoms with Gasteiger partial charge >= 0.3 is 0 Å². The molecule has 2 N–H and O–H groups in total. The Morgan fingerprint density at radius 3 is 2.59 bits per heavy atom. The van der Waals surface area contributed by atoms with E-state index in [-0.39, 0.29) is 44.6 Å². The number of piperidine rings is 1. The van der Waals surface area contributed by atoms with Crippen LogP contribution >= 0.6 is 38.6 Å². The van der Waals surface area contributed by atoms with Crippen LogP contribution in [-0.2, 0) is 4.74 Å². The second-order valence-electron chi connectivity index (χ2n) is 8.31. The Bertz CT molecular complexity index is 1090. The first-order valence-electron chi connectivity index (χ1n) is 10.3. The highest BCUT2D eigenvalue weighted by molar-refractivity contribution is 7.59. The van der Waals surface area contributed by atoms with Gasteiger partial charge < -0.3 is 20.1 Å². The fourth-order valence-corrected chi connectivity index (χ4v) is 5.14. The minimum atomic E-state index is 0. The minimum absolute atomic E-state index is 0. The molecule has 4 heterocycles. The van der Waals surface area contributed by atoms with Gasteiger partial charge in [0.25, 0.3) is 0 Å². The number of imidazole rings is 1. The van der Waals surface area contributed by atoms with Gasteiger partial charge in [0.15, 0.2) is 0 Å². The summed E-state index contributed by atoms with van der Waals surface area (Å²) in [6, 6.07) is 5.83. The van der Waals surface area contributed by atoms with Gasteiger partial charge in [-0.15, -0.1) is 0 Å². The van der Waals surface area contributed by atoms with Crippen LogP contribution in [0.1, 0.15) is 19.8 Å². The van der Waals surface area contributed by atoms with E-state index in [4.69, 9.17) is 31.8 Å². The predicted octanol–water partition coefficient (Wildman–Crippen LogP) is 3.62. The fraction of sp³-hybridized carbons (Fsp3) is 0.455. The van der Waals surface area contributed by atoms with Gasteiger partial charge in [0.2, 0.25) is 5.95 Å². The molecule has 0 saturated carbocycles. The zero-order chi connectivity index (χ0) is 20.9. The number of hydrogen-bond donors (Lipinski definition) is 1. The normalized spacial score (nSPS) is 21.9. The largest absolute Gasteiger partial charge is 0.495 e. The molecule has 2 atom stereocenters. The zero-order valence-electron chi connectivity index (χ0n) is 18.2. The lowest BCUT2D eigenvalue weighted by Crippen LogP contribution is -2.51. The van der Waals surface area contributed by atoms with Crippen LogP contribution in [0.25, 0.3) is 16.8 Å². The number of benzene rings is 1. The number of nitrogens with zero attached hydrogens (tertiary/aromatic N) is 4. The molecule has 2 saturated heterocycles. The maximum Gasteiger partial charge on any atom is 0.211 e. The lowest BCUT2D eigenvalue weighted by atomic mass is 9.73. The maximum absolute atomic E-state index is 6.57. The van der Waals surface area contributed by atoms with Crippen LogP contribution in [0.4, 0.5) is 5.95 Å². The molecule has 7 nitrogen and oxygen atoms in total. The zero-order valence-corrected chi connectivity index (χ0v) is 21.0. The third kappa shape index (κ3) is 3.94. The topological polar surface area (TPSA) is 77.9 Å². The van der Waals surface area contributed by atoms with Crippen LogP contribution < -0.4 is 15.4 Å². The van der Waals surface area contributed by atoms with E-state index in [0.29, 0.717) is 10.8 Å². The lowest BCUT2D eigenvalue weighted by Gasteiger charge is -2.41. The van der Waals surface area contributed by atoms with Crippen molar-refractivity contribution in [1.29, 1.82) is 0 Å². The predicted molar refractivity (Wildman–Crippen MR) is 138 cm³/mol. The molecule has 0 radical (unpaired) electrons. The third-order valence-corrected chi connectivity index (χ3v) is 7.16. The van der Waals surface area contributed by atoms with Gasteiger partial charge in [-0.3, -0.25) is 4.40 Å². The second-order valence-corrected chi connectivity index (χ2v) is 8.68. The average Bonchev–Trinajstić information content (AvgIpc) is 3.36. The molecule has 2 aromatic heterocycles. The van der Waals surface area contributed by atoms with E-state index in [1.54, 1.807) is 13.3 Å². The van der Waals surface area contributed by atoms with E-state index in [2.05, 4.69) is 16.8 Å². The number of ether oxygens (including phenoxy) is 2. The number of rotatable bonds is 3. The number of halogens is 1. The summed E-state index contributed by atoms with van der Waals surface area (Å²) < 4.78 is 13.3. The summed E-state index contributed by atoms with van der Waals surface area (Å²) in [5, 5.41) is 0.559. The number of nitrogens with two attached hydrogens (primary N) is 1. The Morgan fingerprint density at radius 1 is 1.19 bits per heavy atom. The van der Waals surface area contributed by atoms with Gasteiger partial charge in [-0.05, 0) is 25.8 Å². The van der Waals surface area contributed by atoms with Crippen LogP contribution in [0.3, 0.4) is 0 Å². The highest BCUT2D eigenvalue weighted by atomic mass is 35.5. The number of anilines is 1. The fourth-order valence-electron chi connectivity index (χ4n) is 4.83. The van der Waals surface area contributed by atoms with Crippen LogP contribution in [0.15, 0.2) is 36.8 Å². The molecular formula is C22H30ClN5O2S2. The standard InChI is InChI=1S/C22H26ClN5O2.2H2S/c1-14-19(24)22(13-30-14)6-9-27(10-7-22)21-26-12-16(20-25-8-11-28(20)21)15-4-3-5-17(29-2)18(15)23;;/h3-5,8,11-12,14,19H,6-7,9-10,13,24H2,1-2H3;2*1H2/t14-,19+;;/m0../s1. The van der Waals surface area contributed by atoms with E-state index in [1.165, 1.54) is 0 Å². The number of fused-ring (bicyclic) bond motifs is 1. The Labute approximate surface area is 207 Å². The van der Waals surface area contributed by atoms with Crippen molar-refractivity contribution in [3.05, 3.63) is 41.8 Å². The Morgan fingerprint density at radius 2 is 1.94 bits per heavy atom. The molecule has 10 heteroatoms. The Kier molecular flexibility index (Phi) is 7.56. The minimum Gasteiger partial charge on any atom is -0.495 e. The Balaban J connectivity index is 0.00000144. The molecule has 2 aliphatic heterocycles. The van der Waals surface area contributed by atoms with Crippen molar-refractivity contribution < 1.29 is 9.47 Å². The van der Waals surface area contributed by atoms with Gasteiger partial charge in [-0.1, -0.05) is 23.7 Å². The Hall–Kier alpha value is -1.65. The summed E-state index contributed by atoms with van der Waals surface area (Å²) in [5.74, 6) is 1.52. The van der Waals surface area contributed by atoms with Gasteiger partial charge in [0.1, 0.15) is 11.4 Å². The first kappa shape index (κ1) is 25.0. The molecule has 1 aromatic carbocycles. The van der Waals surface area contributed by atoms with Gasteiger partial charge in [0.05, 0.1) is 24.8 Å². The van der Waals surface area contributed by atoms with E-state index in [1.807, 2.05) is 35.0 Å². The van der Waals surface area contributed by atoms with E-state index in [9.17, 15) is 0 Å². The maximum atomic E-state index is 6.57. The third-order valence-electron chi connectivity index (χ3n) is 6.77. The van der Waals surface area contributed by atoms with Gasteiger partial charge in [-0.25, -0.2) is 9.97 Å². The van der Waals surface area contributed by atoms with Crippen molar-refractivity contribution in [3.63, 3.8) is 0 Å². The highest BCUT2D eigenvalue weighted by Gasteiger charge is 2.47. The monoisotopic (exact) mass is 495 g/mol. The van der Waals surface area contributed by atoms with Crippen LogP contribution in [0, 0.1) is 5.41 Å². The second kappa shape index (κ2) is 9.69. The molecule has 2 aliphatic rings. The van der Waals surface area contributed by atoms with Crippen molar-refractivity contribution in [2.24, 2.45) is 11.1 Å². The lowest BCUT2D eigenvalue weighted by molar-refractivity contribution is 0.0973. The first-order chi connectivity index (χ1) is 14.5. The molecule has 1 spiro atoms. The van der Waals surface area contributed by atoms with Crippen LogP contribution in [0.2, 0.25) is 5.02 Å². The number of aromatic nitrogens is 3. The molecule has 0 aliphatic carbocycles. The summed E-state index contributed by atoms with van der Waals surface area (Å²) in [4.78, 5) is 11.7. The average molecular weight is 496 g/mol. The summed E-state index contributed by atoms with van der Waals surface area (Å²) in [5.41, 5.74) is 9.11. The summed E-state index contributed by atoms with van der Waals surface area (Å²) in [6.45, 7) is 4.61. The van der Waals surface area contributed by atoms with Crippen molar-refractivity contribution >= 4 is 50.2 Å². The SMILES string of the molecule is COc1cccc(-c2cnc(N3CCC4(CC3)CO[C@@H](C)[C@H]4N)n3ccnc23)c1Cl.S.S. The van der Waals surface area contributed by atoms with Crippen molar-refractivity contribution in [1.82, 2.24) is 14.4 Å². The van der Waals surface area contributed by atoms with E-state index < -0.39 is 0 Å². The molecule has 0 unspecified atom stereocenters. The molecule has 3 aromatic rings. The van der Waals surface area contributed by atoms with Crippen LogP contribution in [0.5, 0.6) is 5.75 Å². The molecule has 174 valence electrons. The highest BCUT2D eigenvalue weighted by Crippen LogP contribution is 2.42. The molecule has 5 rings (SSSR count). The van der Waals surface area contributed by atoms with E-state index in [0.717, 1.165) is 55.3 Å². The molecular weight excluding hydrogens is 466 g/mol. The molecule has 32 heavy (non-hydrogen) atoms. The van der Waals surface area contributed by atoms with Gasteiger partial charge in [0, 0.05) is 54.3 Å². The molecule has 0 bridgehead atoms. The van der Waals surface area contributed by atoms with E-state index >= 15 is 0 Å². The smallest absolute Gasteiger partial charge is 0.211 e. The molecule has 0 amide bonds. The summed E-state index contributed by atoms with van der Waals surface area (Å²) in [6.07, 6.45) is 7.73. The van der Waals surface area contributed by atoms with Crippen LogP contribution in [-0.4, -0.2) is 53.3 Å². The molecule has 2 fully saturated rings. The quantitative estimate of drug-likeness (QED) is 0.598. The summed E-state index contributed by atoms with van der Waals surface area (Å²) in [7, 11) is 1.61. The van der Waals surface area contributed by atoms with Gasteiger partial charge in [-0.2, -0.15) is 27.0 Å². The van der Waals surface area contributed by atoms with Crippen molar-refractivity contribution in [2.75, 3.05) is 31.7 Å². The number of methoxy groups -OCH3 is 1. The number of hydrogen-bond acceptors (Lipinski definition) is 6. The van der Waals surface area contributed by atoms with Crippen molar-refractivity contribution in [3.8, 4) is 16.9 Å². The first-order valence-corrected chi connectivity index (χ1v) is 10.7. The summed E-state index contributed by atoms with van der Waals surface area (Å²) >= 11 is 6.57. The van der Waals surface area contributed by atoms with Crippen molar-refractivity contribution in [2.45, 2.75) is 31.9 Å².